The lowest BCUT2D eigenvalue weighted by Crippen LogP contribution is -2.31. The number of rotatable bonds is 6. The number of amides is 2. The molecule has 198 valence electrons. The summed E-state index contributed by atoms with van der Waals surface area (Å²) in [6.45, 7) is 3.53. The molecule has 1 unspecified atom stereocenters. The molecule has 4 aromatic rings. The van der Waals surface area contributed by atoms with Gasteiger partial charge < -0.3 is 16.0 Å². The van der Waals surface area contributed by atoms with E-state index in [4.69, 9.17) is 0 Å². The van der Waals surface area contributed by atoms with Gasteiger partial charge in [-0.1, -0.05) is 60.7 Å². The third kappa shape index (κ3) is 6.71. The molecule has 5 rings (SSSR count). The number of carbonyl (C=O) groups excluding carboxylic acids is 1. The van der Waals surface area contributed by atoms with Crippen molar-refractivity contribution in [2.45, 2.75) is 36.7 Å². The average molecular weight is 552 g/mol. The molecule has 0 saturated carbocycles. The Kier molecular flexibility index (Phi) is 9.01. The molecule has 9 heteroatoms. The van der Waals surface area contributed by atoms with Gasteiger partial charge in [0.2, 0.25) is 0 Å². The van der Waals surface area contributed by atoms with Crippen molar-refractivity contribution in [3.8, 4) is 0 Å². The number of benzene rings is 4. The molecule has 1 aliphatic rings. The highest BCUT2D eigenvalue weighted by atomic mass is 35.5. The summed E-state index contributed by atoms with van der Waals surface area (Å²) in [7, 11) is -2.11. The predicted octanol–water partition coefficient (Wildman–Crippen LogP) is 6.09. The van der Waals surface area contributed by atoms with Crippen LogP contribution in [0, 0.1) is 0 Å². The lowest BCUT2D eigenvalue weighted by Gasteiger charge is -2.17. The Balaban J connectivity index is 0.00000107. The number of urea groups is 1. The van der Waals surface area contributed by atoms with Gasteiger partial charge in [0.25, 0.3) is 0 Å². The first kappa shape index (κ1) is 27.6. The summed E-state index contributed by atoms with van der Waals surface area (Å²) in [5.74, 6) is -0.0594. The first-order valence-electron chi connectivity index (χ1n) is 12.1. The maximum atomic E-state index is 12.9. The first-order chi connectivity index (χ1) is 18.3. The lowest BCUT2D eigenvalue weighted by molar-refractivity contribution is 0.249. The van der Waals surface area contributed by atoms with E-state index >= 15 is 0 Å². The minimum atomic E-state index is -3.50. The zero-order chi connectivity index (χ0) is 27.1. The first-order valence-corrected chi connectivity index (χ1v) is 14.1. The van der Waals surface area contributed by atoms with Gasteiger partial charge >= 0.3 is 6.03 Å². The minimum Gasteiger partial charge on any atom is -0.331 e. The van der Waals surface area contributed by atoms with E-state index in [1.807, 2.05) is 67.6 Å². The summed E-state index contributed by atoms with van der Waals surface area (Å²) >= 11 is 4.50. The van der Waals surface area contributed by atoms with Crippen LogP contribution in [0.2, 0.25) is 0 Å². The van der Waals surface area contributed by atoms with Gasteiger partial charge in [-0.3, -0.25) is 4.29 Å². The molecule has 0 spiro atoms. The van der Waals surface area contributed by atoms with Crippen LogP contribution < -0.4 is 16.0 Å². The van der Waals surface area contributed by atoms with E-state index < -0.39 is 9.84 Å². The van der Waals surface area contributed by atoms with Crippen LogP contribution in [-0.2, 0) is 33.0 Å². The lowest BCUT2D eigenvalue weighted by atomic mass is 10.00. The molecule has 3 N–H and O–H groups in total. The molecule has 1 atom stereocenters. The number of halogens is 1. The molecule has 0 saturated heterocycles. The number of nitrogens with one attached hydrogen (secondary N) is 3. The summed E-state index contributed by atoms with van der Waals surface area (Å²) in [4.78, 5) is 12.8. The van der Waals surface area contributed by atoms with Gasteiger partial charge in [0.05, 0.1) is 35.7 Å². The fourth-order valence-electron chi connectivity index (χ4n) is 4.56. The van der Waals surface area contributed by atoms with Crippen molar-refractivity contribution < 1.29 is 17.5 Å². The van der Waals surface area contributed by atoms with Crippen molar-refractivity contribution in [3.05, 3.63) is 107 Å². The van der Waals surface area contributed by atoms with E-state index in [0.717, 1.165) is 40.6 Å². The molecule has 1 heterocycles. The van der Waals surface area contributed by atoms with Crippen LogP contribution in [0.25, 0.3) is 10.8 Å². The second-order valence-corrected chi connectivity index (χ2v) is 11.3. The number of sulfone groups is 1. The third-order valence-electron chi connectivity index (χ3n) is 6.37. The van der Waals surface area contributed by atoms with Crippen LogP contribution >= 0.6 is 11.9 Å². The normalized spacial score (nSPS) is 13.2. The minimum absolute atomic E-state index is 0.0594. The summed E-state index contributed by atoms with van der Waals surface area (Å²) in [6.07, 6.45) is 0. The zero-order valence-corrected chi connectivity index (χ0v) is 22.8. The Labute approximate surface area is 228 Å². The second-order valence-electron chi connectivity index (χ2n) is 9.03. The molecule has 0 radical (unpaired) electrons. The Hall–Kier alpha value is -3.43. The maximum absolute atomic E-state index is 12.9. The number of fused-ring (bicyclic) bond motifs is 2. The molecular formula is C29H30ClN3O4S. The van der Waals surface area contributed by atoms with Crippen molar-refractivity contribution in [3.63, 3.8) is 0 Å². The molecule has 2 amide bonds. The third-order valence-corrected chi connectivity index (χ3v) is 8.07. The fraction of sp³-hybridized carbons (Fsp3) is 0.207. The standard InChI is InChI=1S/C28H27N3O3S.CH3ClO/c1-19(26-8-4-6-21-5-2-3-7-27(21)26)30-28(32)31-24-11-13-25(14-12-24)35(33,34)18-20-9-10-22-16-29-17-23(22)15-20;1-3-2/h2-15,19,29H,16-18H2,1H3,(H2,30,31,32);1H3. The van der Waals surface area contributed by atoms with E-state index in [9.17, 15) is 13.2 Å². The van der Waals surface area contributed by atoms with Gasteiger partial charge in [0.15, 0.2) is 9.84 Å². The van der Waals surface area contributed by atoms with Gasteiger partial charge in [-0.05, 0) is 64.2 Å². The van der Waals surface area contributed by atoms with Gasteiger partial charge in [-0.25, -0.2) is 13.2 Å². The fourth-order valence-corrected chi connectivity index (χ4v) is 5.89. The van der Waals surface area contributed by atoms with E-state index in [1.54, 1.807) is 12.1 Å². The second kappa shape index (κ2) is 12.4. The van der Waals surface area contributed by atoms with Crippen LogP contribution in [0.5, 0.6) is 0 Å². The number of anilines is 1. The van der Waals surface area contributed by atoms with E-state index in [0.29, 0.717) is 5.69 Å². The molecule has 4 aromatic carbocycles. The Morgan fingerprint density at radius 2 is 1.66 bits per heavy atom. The number of hydrogen-bond acceptors (Lipinski definition) is 5. The molecule has 38 heavy (non-hydrogen) atoms. The molecule has 0 fully saturated rings. The maximum Gasteiger partial charge on any atom is 0.319 e. The van der Waals surface area contributed by atoms with Crippen LogP contribution in [0.1, 0.15) is 35.2 Å². The molecule has 7 nitrogen and oxygen atoms in total. The van der Waals surface area contributed by atoms with Gasteiger partial charge in [0, 0.05) is 18.8 Å². The van der Waals surface area contributed by atoms with Crippen LogP contribution in [0.15, 0.2) is 89.8 Å². The van der Waals surface area contributed by atoms with Gasteiger partial charge in [-0.15, -0.1) is 0 Å². The molecule has 0 bridgehead atoms. The topological polar surface area (TPSA) is 96.5 Å². The monoisotopic (exact) mass is 551 g/mol. The zero-order valence-electron chi connectivity index (χ0n) is 21.2. The molecule has 1 aliphatic heterocycles. The number of carbonyl (C=O) groups is 1. The van der Waals surface area contributed by atoms with Crippen LogP contribution in [-0.4, -0.2) is 21.6 Å². The Morgan fingerprint density at radius 1 is 0.974 bits per heavy atom. The van der Waals surface area contributed by atoms with Crippen molar-refractivity contribution in [1.82, 2.24) is 10.6 Å². The van der Waals surface area contributed by atoms with Gasteiger partial charge in [-0.2, -0.15) is 0 Å². The largest absolute Gasteiger partial charge is 0.331 e. The highest BCUT2D eigenvalue weighted by molar-refractivity contribution is 7.90. The summed E-state index contributed by atoms with van der Waals surface area (Å²) in [6, 6.07) is 25.7. The highest BCUT2D eigenvalue weighted by Crippen LogP contribution is 2.25. The van der Waals surface area contributed by atoms with Crippen molar-refractivity contribution >= 4 is 44.2 Å². The highest BCUT2D eigenvalue weighted by Gasteiger charge is 2.18. The Morgan fingerprint density at radius 3 is 2.42 bits per heavy atom. The van der Waals surface area contributed by atoms with Crippen LogP contribution in [0.4, 0.5) is 10.5 Å². The van der Waals surface area contributed by atoms with Crippen molar-refractivity contribution in [2.75, 3.05) is 12.4 Å². The quantitative estimate of drug-likeness (QED) is 0.269. The molecule has 0 aliphatic carbocycles. The summed E-state index contributed by atoms with van der Waals surface area (Å²) in [5, 5.41) is 11.2. The molecular weight excluding hydrogens is 522 g/mol. The summed E-state index contributed by atoms with van der Waals surface area (Å²) < 4.78 is 29.6. The Bertz CT molecular complexity index is 1520. The van der Waals surface area contributed by atoms with Crippen molar-refractivity contribution in [1.29, 1.82) is 0 Å². The van der Waals surface area contributed by atoms with Gasteiger partial charge in [0.1, 0.15) is 0 Å². The molecule has 0 aromatic heterocycles. The van der Waals surface area contributed by atoms with E-state index in [-0.39, 0.29) is 22.7 Å². The predicted molar refractivity (Wildman–Crippen MR) is 152 cm³/mol. The van der Waals surface area contributed by atoms with Crippen LogP contribution in [0.3, 0.4) is 0 Å². The number of hydrogen-bond donors (Lipinski definition) is 3. The van der Waals surface area contributed by atoms with Crippen molar-refractivity contribution in [2.24, 2.45) is 0 Å². The smallest absolute Gasteiger partial charge is 0.319 e. The average Bonchev–Trinajstić information content (AvgIpc) is 3.37. The SMILES string of the molecule is CC(NC(=O)Nc1ccc(S(=O)(=O)Cc2ccc3c(c2)CNC3)cc1)c1cccc2ccccc12.COCl. The van der Waals surface area contributed by atoms with E-state index in [2.05, 4.69) is 32.1 Å². The summed E-state index contributed by atoms with van der Waals surface area (Å²) in [5.41, 5.74) is 4.70. The van der Waals surface area contributed by atoms with E-state index in [1.165, 1.54) is 24.8 Å².